The summed E-state index contributed by atoms with van der Waals surface area (Å²) in [5.74, 6) is 1.50. The number of carbonyl (C=O) groups is 1. The molecule has 0 spiro atoms. The Kier molecular flexibility index (Phi) is 3.23. The summed E-state index contributed by atoms with van der Waals surface area (Å²) in [7, 11) is 1.68. The number of benzene rings is 1. The normalized spacial score (nSPS) is 15.5. The smallest absolute Gasteiger partial charge is 0.166 e. The first-order chi connectivity index (χ1) is 8.06. The van der Waals surface area contributed by atoms with Gasteiger partial charge in [0.1, 0.15) is 5.75 Å². The van der Waals surface area contributed by atoms with Crippen LogP contribution in [-0.2, 0) is 0 Å². The first-order valence-electron chi connectivity index (χ1n) is 6.25. The molecule has 1 aromatic carbocycles. The minimum atomic E-state index is 0.265. The number of aryl methyl sites for hydroxylation is 1. The lowest BCUT2D eigenvalue weighted by Gasteiger charge is -2.25. The van der Waals surface area contributed by atoms with Gasteiger partial charge in [-0.3, -0.25) is 4.79 Å². The van der Waals surface area contributed by atoms with Crippen LogP contribution in [0.2, 0.25) is 0 Å². The molecule has 0 amide bonds. The van der Waals surface area contributed by atoms with Crippen LogP contribution >= 0.6 is 0 Å². The Bertz CT molecular complexity index is 456. The van der Waals surface area contributed by atoms with Crippen molar-refractivity contribution in [1.29, 1.82) is 0 Å². The average molecular weight is 232 g/mol. The summed E-state index contributed by atoms with van der Waals surface area (Å²) in [4.78, 5) is 12.3. The predicted octanol–water partition coefficient (Wildman–Crippen LogP) is 3.60. The van der Waals surface area contributed by atoms with Crippen LogP contribution in [0.1, 0.15) is 46.3 Å². The molecule has 2 rings (SSSR count). The summed E-state index contributed by atoms with van der Waals surface area (Å²) in [6, 6.07) is 1.99. The van der Waals surface area contributed by atoms with E-state index in [1.807, 2.05) is 26.8 Å². The van der Waals surface area contributed by atoms with E-state index in [0.717, 1.165) is 40.8 Å². The van der Waals surface area contributed by atoms with Crippen molar-refractivity contribution in [2.45, 2.75) is 40.0 Å². The lowest BCUT2D eigenvalue weighted by atomic mass is 9.78. The van der Waals surface area contributed by atoms with Gasteiger partial charge in [0.2, 0.25) is 0 Å². The molecule has 0 unspecified atom stereocenters. The monoisotopic (exact) mass is 232 g/mol. The minimum Gasteiger partial charge on any atom is -0.496 e. The van der Waals surface area contributed by atoms with Crippen LogP contribution in [0.15, 0.2) is 6.07 Å². The van der Waals surface area contributed by atoms with Crippen molar-refractivity contribution in [3.63, 3.8) is 0 Å². The fourth-order valence-corrected chi connectivity index (χ4v) is 2.52. The zero-order valence-corrected chi connectivity index (χ0v) is 11.1. The first kappa shape index (κ1) is 12.2. The first-order valence-corrected chi connectivity index (χ1v) is 6.25. The molecular formula is C15H20O2. The molecule has 0 heterocycles. The van der Waals surface area contributed by atoms with E-state index in [1.54, 1.807) is 7.11 Å². The van der Waals surface area contributed by atoms with Gasteiger partial charge in [-0.05, 0) is 56.4 Å². The predicted molar refractivity (Wildman–Crippen MR) is 68.9 cm³/mol. The van der Waals surface area contributed by atoms with Crippen molar-refractivity contribution < 1.29 is 9.53 Å². The van der Waals surface area contributed by atoms with Crippen LogP contribution in [0.4, 0.5) is 0 Å². The summed E-state index contributed by atoms with van der Waals surface area (Å²) in [5, 5.41) is 0. The quantitative estimate of drug-likeness (QED) is 0.744. The Balaban J connectivity index is 2.44. The largest absolute Gasteiger partial charge is 0.496 e. The van der Waals surface area contributed by atoms with Crippen LogP contribution in [0.3, 0.4) is 0 Å². The van der Waals surface area contributed by atoms with Crippen molar-refractivity contribution in [1.82, 2.24) is 0 Å². The maximum atomic E-state index is 12.3. The van der Waals surface area contributed by atoms with Gasteiger partial charge in [-0.15, -0.1) is 0 Å². The number of carbonyl (C=O) groups excluding carboxylic acids is 1. The third-order valence-corrected chi connectivity index (χ3v) is 3.97. The maximum absolute atomic E-state index is 12.3. The SMILES string of the molecule is COc1c(C)cc(C(=O)C2CCC2)c(C)c1C. The second-order valence-corrected chi connectivity index (χ2v) is 5.02. The molecule has 0 aliphatic heterocycles. The molecular weight excluding hydrogens is 212 g/mol. The molecule has 17 heavy (non-hydrogen) atoms. The molecule has 1 saturated carbocycles. The van der Waals surface area contributed by atoms with E-state index in [0.29, 0.717) is 5.78 Å². The van der Waals surface area contributed by atoms with Gasteiger partial charge >= 0.3 is 0 Å². The summed E-state index contributed by atoms with van der Waals surface area (Å²) in [6.07, 6.45) is 3.31. The second-order valence-electron chi connectivity index (χ2n) is 5.02. The highest BCUT2D eigenvalue weighted by atomic mass is 16.5. The molecule has 2 nitrogen and oxygen atoms in total. The van der Waals surface area contributed by atoms with E-state index in [4.69, 9.17) is 4.74 Å². The molecule has 0 bridgehead atoms. The van der Waals surface area contributed by atoms with E-state index < -0.39 is 0 Å². The number of ketones is 1. The number of Topliss-reactive ketones (excluding diaryl/α,β-unsaturated/α-hetero) is 1. The zero-order chi connectivity index (χ0) is 12.6. The average Bonchev–Trinajstić information content (AvgIpc) is 2.21. The van der Waals surface area contributed by atoms with E-state index in [2.05, 4.69) is 0 Å². The molecule has 2 heteroatoms. The molecule has 0 saturated heterocycles. The fraction of sp³-hybridized carbons (Fsp3) is 0.533. The van der Waals surface area contributed by atoms with Crippen molar-refractivity contribution in [3.05, 3.63) is 28.3 Å². The molecule has 0 N–H and O–H groups in total. The van der Waals surface area contributed by atoms with Gasteiger partial charge < -0.3 is 4.74 Å². The minimum absolute atomic E-state index is 0.265. The van der Waals surface area contributed by atoms with Crippen LogP contribution < -0.4 is 4.74 Å². The highest BCUT2D eigenvalue weighted by Crippen LogP contribution is 2.34. The van der Waals surface area contributed by atoms with Crippen molar-refractivity contribution in [2.24, 2.45) is 5.92 Å². The summed E-state index contributed by atoms with van der Waals surface area (Å²) < 4.78 is 5.38. The van der Waals surface area contributed by atoms with Crippen molar-refractivity contribution in [2.75, 3.05) is 7.11 Å². The van der Waals surface area contributed by atoms with Crippen LogP contribution in [0, 0.1) is 26.7 Å². The molecule has 1 fully saturated rings. The molecule has 0 atom stereocenters. The second kappa shape index (κ2) is 4.52. The molecule has 0 radical (unpaired) electrons. The van der Waals surface area contributed by atoms with Gasteiger partial charge in [0.05, 0.1) is 7.11 Å². The Morgan fingerprint density at radius 3 is 2.35 bits per heavy atom. The van der Waals surface area contributed by atoms with Gasteiger partial charge in [0, 0.05) is 11.5 Å². The van der Waals surface area contributed by atoms with E-state index in [1.165, 1.54) is 6.42 Å². The van der Waals surface area contributed by atoms with Gasteiger partial charge in [-0.2, -0.15) is 0 Å². The molecule has 92 valence electrons. The van der Waals surface area contributed by atoms with Crippen LogP contribution in [-0.4, -0.2) is 12.9 Å². The standard InChI is InChI=1S/C15H20O2/c1-9-8-13(14(16)12-6-5-7-12)10(2)11(3)15(9)17-4/h8,12H,5-7H2,1-4H3. The van der Waals surface area contributed by atoms with E-state index >= 15 is 0 Å². The van der Waals surface area contributed by atoms with Crippen molar-refractivity contribution in [3.8, 4) is 5.75 Å². The lowest BCUT2D eigenvalue weighted by molar-refractivity contribution is 0.0854. The third kappa shape index (κ3) is 1.97. The Labute approximate surface area is 103 Å². The molecule has 1 aliphatic carbocycles. The van der Waals surface area contributed by atoms with Crippen LogP contribution in [0.25, 0.3) is 0 Å². The number of methoxy groups -OCH3 is 1. The zero-order valence-electron chi connectivity index (χ0n) is 11.1. The highest BCUT2D eigenvalue weighted by molar-refractivity contribution is 6.00. The summed E-state index contributed by atoms with van der Waals surface area (Å²) >= 11 is 0. The maximum Gasteiger partial charge on any atom is 0.166 e. The van der Waals surface area contributed by atoms with E-state index in [9.17, 15) is 4.79 Å². The highest BCUT2D eigenvalue weighted by Gasteiger charge is 2.28. The van der Waals surface area contributed by atoms with Gasteiger partial charge in [0.15, 0.2) is 5.78 Å². The van der Waals surface area contributed by atoms with Gasteiger partial charge in [-0.25, -0.2) is 0 Å². The Hall–Kier alpha value is -1.31. The molecule has 1 aromatic rings. The third-order valence-electron chi connectivity index (χ3n) is 3.97. The van der Waals surface area contributed by atoms with Crippen molar-refractivity contribution >= 4 is 5.78 Å². The fourth-order valence-electron chi connectivity index (χ4n) is 2.52. The topological polar surface area (TPSA) is 26.3 Å². The summed E-state index contributed by atoms with van der Waals surface area (Å²) in [6.45, 7) is 6.05. The van der Waals surface area contributed by atoms with E-state index in [-0.39, 0.29) is 5.92 Å². The summed E-state index contributed by atoms with van der Waals surface area (Å²) in [5.41, 5.74) is 4.11. The van der Waals surface area contributed by atoms with Gasteiger partial charge in [0.25, 0.3) is 0 Å². The number of rotatable bonds is 3. The number of ether oxygens (including phenoxy) is 1. The Morgan fingerprint density at radius 2 is 1.88 bits per heavy atom. The number of hydrogen-bond acceptors (Lipinski definition) is 2. The van der Waals surface area contributed by atoms with Crippen LogP contribution in [0.5, 0.6) is 5.75 Å². The molecule has 1 aliphatic rings. The lowest BCUT2D eigenvalue weighted by Crippen LogP contribution is -2.23. The molecule has 0 aromatic heterocycles. The Morgan fingerprint density at radius 1 is 1.24 bits per heavy atom. The van der Waals surface area contributed by atoms with Gasteiger partial charge in [-0.1, -0.05) is 6.42 Å². The number of hydrogen-bond donors (Lipinski definition) is 0.